The third kappa shape index (κ3) is 5.77. The Bertz CT molecular complexity index is 1230. The number of amides is 1. The normalized spacial score (nSPS) is 12.6. The summed E-state index contributed by atoms with van der Waals surface area (Å²) in [6, 6.07) is 14.0. The Morgan fingerprint density at radius 2 is 1.88 bits per heavy atom. The fourth-order valence-electron chi connectivity index (χ4n) is 3.53. The zero-order valence-corrected chi connectivity index (χ0v) is 20.2. The molecule has 0 saturated carbocycles. The molecule has 0 spiro atoms. The Morgan fingerprint density at radius 1 is 1.18 bits per heavy atom. The van der Waals surface area contributed by atoms with Gasteiger partial charge in [0.05, 0.1) is 12.3 Å². The lowest BCUT2D eigenvalue weighted by Crippen LogP contribution is -2.22. The predicted octanol–water partition coefficient (Wildman–Crippen LogP) is 4.84. The molecule has 0 aliphatic heterocycles. The molecule has 0 fully saturated rings. The van der Waals surface area contributed by atoms with Gasteiger partial charge in [0.15, 0.2) is 5.69 Å². The molecular weight excluding hydrogens is 424 g/mol. The van der Waals surface area contributed by atoms with Crippen LogP contribution < -0.4 is 5.73 Å². The van der Waals surface area contributed by atoms with E-state index in [-0.39, 0.29) is 17.7 Å². The van der Waals surface area contributed by atoms with Gasteiger partial charge < -0.3 is 10.8 Å². The van der Waals surface area contributed by atoms with E-state index in [4.69, 9.17) is 5.73 Å². The molecule has 176 valence electrons. The molecule has 3 rings (SSSR count). The first-order valence-corrected chi connectivity index (χ1v) is 11.2. The molecule has 2 aromatic heterocycles. The Kier molecular flexibility index (Phi) is 7.64. The highest BCUT2D eigenvalue weighted by Gasteiger charge is 2.19. The summed E-state index contributed by atoms with van der Waals surface area (Å²) in [5.41, 5.74) is 12.1. The highest BCUT2D eigenvalue weighted by atomic mass is 16.3. The Hall–Kier alpha value is -3.77. The molecule has 0 unspecified atom stereocenters. The number of aryl methyl sites for hydroxylation is 1. The van der Waals surface area contributed by atoms with E-state index in [1.54, 1.807) is 10.7 Å². The maximum absolute atomic E-state index is 11.4. The number of aliphatic hydroxyl groups is 1. The number of pyridine rings is 1. The molecule has 0 atom stereocenters. The second-order valence-corrected chi connectivity index (χ2v) is 9.05. The summed E-state index contributed by atoms with van der Waals surface area (Å²) in [4.78, 5) is 16.0. The number of nitrogens with two attached hydrogens (primary N) is 1. The number of primary amides is 1. The van der Waals surface area contributed by atoms with Gasteiger partial charge in [-0.25, -0.2) is 4.68 Å². The van der Waals surface area contributed by atoms with Crippen LogP contribution in [-0.4, -0.2) is 32.4 Å². The molecule has 0 radical (unpaired) electrons. The molecule has 3 aromatic rings. The summed E-state index contributed by atoms with van der Waals surface area (Å²) >= 11 is 0. The average molecular weight is 457 g/mol. The van der Waals surface area contributed by atoms with Crippen molar-refractivity contribution in [3.63, 3.8) is 0 Å². The minimum Gasteiger partial charge on any atom is -0.395 e. The second-order valence-electron chi connectivity index (χ2n) is 9.05. The maximum atomic E-state index is 11.4. The van der Waals surface area contributed by atoms with Gasteiger partial charge in [0.1, 0.15) is 0 Å². The van der Waals surface area contributed by atoms with Crippen molar-refractivity contribution >= 4 is 11.6 Å². The number of benzene rings is 1. The SMILES string of the molecule is C=C/C(=C\C=C(/C)n1nc(C(N)=O)cc1C)Cc1ccc(-c2ccc(C(C)(C)CO)cn2)cc1. The highest BCUT2D eigenvalue weighted by molar-refractivity contribution is 5.91. The fourth-order valence-corrected chi connectivity index (χ4v) is 3.53. The number of carbonyl (C=O) groups is 1. The summed E-state index contributed by atoms with van der Waals surface area (Å²) in [6.07, 6.45) is 8.36. The van der Waals surface area contributed by atoms with Crippen molar-refractivity contribution in [3.05, 3.63) is 102 Å². The lowest BCUT2D eigenvalue weighted by Gasteiger charge is -2.21. The number of allylic oxidation sites excluding steroid dienone is 5. The molecule has 0 aliphatic carbocycles. The molecule has 2 heterocycles. The zero-order valence-electron chi connectivity index (χ0n) is 20.2. The van der Waals surface area contributed by atoms with E-state index in [0.29, 0.717) is 0 Å². The molecule has 1 aromatic carbocycles. The van der Waals surface area contributed by atoms with Gasteiger partial charge in [-0.05, 0) is 55.2 Å². The van der Waals surface area contributed by atoms with Crippen molar-refractivity contribution in [1.82, 2.24) is 14.8 Å². The Morgan fingerprint density at radius 3 is 2.41 bits per heavy atom. The van der Waals surface area contributed by atoms with Gasteiger partial charge in [-0.2, -0.15) is 5.10 Å². The standard InChI is InChI=1S/C28H32N4O2/c1-6-21(8-7-19(2)32-20(3)15-26(31-32)27(29)34)16-22-9-11-23(12-10-22)25-14-13-24(17-30-25)28(4,5)18-33/h6-15,17,33H,1,16,18H2,2-5H3,(H2,29,34)/b19-7+,21-8+. The van der Waals surface area contributed by atoms with Crippen molar-refractivity contribution in [2.75, 3.05) is 6.61 Å². The van der Waals surface area contributed by atoms with Crippen molar-refractivity contribution in [1.29, 1.82) is 0 Å². The molecular formula is C28H32N4O2. The van der Waals surface area contributed by atoms with Crippen molar-refractivity contribution in [2.45, 2.75) is 39.5 Å². The van der Waals surface area contributed by atoms with E-state index in [1.165, 1.54) is 0 Å². The minimum absolute atomic E-state index is 0.0759. The van der Waals surface area contributed by atoms with E-state index in [1.807, 2.05) is 64.3 Å². The maximum Gasteiger partial charge on any atom is 0.269 e. The summed E-state index contributed by atoms with van der Waals surface area (Å²) in [5, 5.41) is 13.8. The van der Waals surface area contributed by atoms with Gasteiger partial charge >= 0.3 is 0 Å². The van der Waals surface area contributed by atoms with Crippen molar-refractivity contribution < 1.29 is 9.90 Å². The summed E-state index contributed by atoms with van der Waals surface area (Å²) in [7, 11) is 0. The number of aliphatic hydroxyl groups excluding tert-OH is 1. The van der Waals surface area contributed by atoms with Crippen LogP contribution in [0.1, 0.15) is 48.1 Å². The topological polar surface area (TPSA) is 94.0 Å². The van der Waals surface area contributed by atoms with Crippen LogP contribution in [0.2, 0.25) is 0 Å². The van der Waals surface area contributed by atoms with E-state index in [2.05, 4.69) is 40.9 Å². The summed E-state index contributed by atoms with van der Waals surface area (Å²) in [5.74, 6) is -0.541. The van der Waals surface area contributed by atoms with E-state index in [0.717, 1.165) is 45.8 Å². The van der Waals surface area contributed by atoms with Crippen molar-refractivity contribution in [2.24, 2.45) is 5.73 Å². The van der Waals surface area contributed by atoms with Gasteiger partial charge in [0.25, 0.3) is 5.91 Å². The lowest BCUT2D eigenvalue weighted by atomic mass is 9.86. The average Bonchev–Trinajstić information content (AvgIpc) is 3.24. The van der Waals surface area contributed by atoms with Crippen LogP contribution in [0.3, 0.4) is 0 Å². The van der Waals surface area contributed by atoms with Crippen LogP contribution >= 0.6 is 0 Å². The number of hydrogen-bond acceptors (Lipinski definition) is 4. The lowest BCUT2D eigenvalue weighted by molar-refractivity contribution is 0.0995. The van der Waals surface area contributed by atoms with Crippen molar-refractivity contribution in [3.8, 4) is 11.3 Å². The third-order valence-corrected chi connectivity index (χ3v) is 5.87. The smallest absolute Gasteiger partial charge is 0.269 e. The molecule has 1 amide bonds. The minimum atomic E-state index is -0.541. The second kappa shape index (κ2) is 10.4. The Balaban J connectivity index is 1.73. The van der Waals surface area contributed by atoms with E-state index < -0.39 is 5.91 Å². The fraction of sp³-hybridized carbons (Fsp3) is 0.250. The van der Waals surface area contributed by atoms with Crippen LogP contribution in [0.15, 0.2) is 79.0 Å². The molecule has 34 heavy (non-hydrogen) atoms. The quantitative estimate of drug-likeness (QED) is 0.451. The number of rotatable bonds is 9. The van der Waals surface area contributed by atoms with Crippen LogP contribution in [-0.2, 0) is 11.8 Å². The van der Waals surface area contributed by atoms with Gasteiger partial charge in [-0.15, -0.1) is 0 Å². The number of carbonyl (C=O) groups excluding carboxylic acids is 1. The van der Waals surface area contributed by atoms with Gasteiger partial charge in [0.2, 0.25) is 0 Å². The van der Waals surface area contributed by atoms with E-state index in [9.17, 15) is 9.90 Å². The first kappa shape index (κ1) is 24.9. The van der Waals surface area contributed by atoms with Gasteiger partial charge in [-0.1, -0.05) is 62.9 Å². The molecule has 0 saturated heterocycles. The van der Waals surface area contributed by atoms with E-state index >= 15 is 0 Å². The number of aromatic nitrogens is 3. The third-order valence-electron chi connectivity index (χ3n) is 5.87. The number of nitrogens with zero attached hydrogens (tertiary/aromatic N) is 3. The first-order valence-electron chi connectivity index (χ1n) is 11.2. The number of hydrogen-bond donors (Lipinski definition) is 2. The van der Waals surface area contributed by atoms with Crippen LogP contribution in [0.25, 0.3) is 17.0 Å². The van der Waals surface area contributed by atoms with Crippen LogP contribution in [0.5, 0.6) is 0 Å². The molecule has 6 heteroatoms. The van der Waals surface area contributed by atoms with Crippen LogP contribution in [0.4, 0.5) is 0 Å². The first-order chi connectivity index (χ1) is 16.1. The summed E-state index contributed by atoms with van der Waals surface area (Å²) in [6.45, 7) is 11.8. The molecule has 3 N–H and O–H groups in total. The molecule has 6 nitrogen and oxygen atoms in total. The highest BCUT2D eigenvalue weighted by Crippen LogP contribution is 2.25. The zero-order chi connectivity index (χ0) is 24.9. The molecule has 0 aliphatic rings. The monoisotopic (exact) mass is 456 g/mol. The molecule has 0 bridgehead atoms. The predicted molar refractivity (Wildman–Crippen MR) is 137 cm³/mol. The van der Waals surface area contributed by atoms with Gasteiger partial charge in [-0.3, -0.25) is 9.78 Å². The largest absolute Gasteiger partial charge is 0.395 e. The van der Waals surface area contributed by atoms with Crippen LogP contribution in [0, 0.1) is 6.92 Å². The Labute approximate surface area is 201 Å². The van der Waals surface area contributed by atoms with Gasteiger partial charge in [0, 0.05) is 28.6 Å². The summed E-state index contributed by atoms with van der Waals surface area (Å²) < 4.78 is 1.70.